The molecular weight excluding hydrogens is 480 g/mol. The second kappa shape index (κ2) is 9.76. The van der Waals surface area contributed by atoms with E-state index in [1.165, 1.54) is 0 Å². The van der Waals surface area contributed by atoms with Gasteiger partial charge in [0.25, 0.3) is 0 Å². The van der Waals surface area contributed by atoms with Crippen molar-refractivity contribution in [1.29, 1.82) is 0 Å². The van der Waals surface area contributed by atoms with Crippen molar-refractivity contribution < 1.29 is 0 Å². The van der Waals surface area contributed by atoms with E-state index in [0.717, 1.165) is 44.8 Å². The Labute approximate surface area is 225 Å². The van der Waals surface area contributed by atoms with Crippen LogP contribution in [0.15, 0.2) is 134 Å². The van der Waals surface area contributed by atoms with Gasteiger partial charge in [-0.2, -0.15) is 0 Å². The van der Waals surface area contributed by atoms with Gasteiger partial charge in [-0.1, -0.05) is 72.8 Å². The van der Waals surface area contributed by atoms with Crippen LogP contribution in [0.25, 0.3) is 62.3 Å². The van der Waals surface area contributed by atoms with Crippen LogP contribution >= 0.6 is 0 Å². The highest BCUT2D eigenvalue weighted by Gasteiger charge is 2.16. The maximum Gasteiger partial charge on any atom is 0.164 e. The first-order valence-corrected chi connectivity index (χ1v) is 12.7. The van der Waals surface area contributed by atoms with E-state index in [1.54, 1.807) is 12.4 Å². The van der Waals surface area contributed by atoms with Gasteiger partial charge < -0.3 is 0 Å². The van der Waals surface area contributed by atoms with Crippen LogP contribution in [-0.4, -0.2) is 29.5 Å². The first-order valence-electron chi connectivity index (χ1n) is 12.7. The van der Waals surface area contributed by atoms with Gasteiger partial charge in [0.15, 0.2) is 17.5 Å². The molecule has 0 aliphatic carbocycles. The lowest BCUT2D eigenvalue weighted by atomic mass is 10.1. The van der Waals surface area contributed by atoms with E-state index in [1.807, 2.05) is 91.0 Å². The molecule has 0 aliphatic heterocycles. The molecular formula is C33H22N6. The zero-order chi connectivity index (χ0) is 26.0. The normalized spacial score (nSPS) is 11.1. The fraction of sp³-hybridized carbons (Fsp3) is 0. The predicted octanol–water partition coefficient (Wildman–Crippen LogP) is 7.27. The summed E-state index contributed by atoms with van der Waals surface area (Å²) in [5, 5.41) is 0. The highest BCUT2D eigenvalue weighted by atomic mass is 15.1. The Hall–Kier alpha value is -5.49. The Morgan fingerprint density at radius 2 is 0.923 bits per heavy atom. The summed E-state index contributed by atoms with van der Waals surface area (Å²) in [5.41, 5.74) is 6.78. The number of hydrogen-bond acceptors (Lipinski definition) is 5. The maximum atomic E-state index is 4.93. The van der Waals surface area contributed by atoms with Crippen molar-refractivity contribution in [2.24, 2.45) is 0 Å². The molecule has 7 rings (SSSR count). The van der Waals surface area contributed by atoms with Crippen molar-refractivity contribution >= 4 is 11.0 Å². The molecule has 6 heteroatoms. The first kappa shape index (κ1) is 22.7. The predicted molar refractivity (Wildman–Crippen MR) is 154 cm³/mol. The third-order valence-corrected chi connectivity index (χ3v) is 6.58. The Balaban J connectivity index is 1.35. The van der Waals surface area contributed by atoms with Gasteiger partial charge in [0, 0.05) is 40.3 Å². The molecule has 0 amide bonds. The lowest BCUT2D eigenvalue weighted by Gasteiger charge is -2.11. The Bertz CT molecular complexity index is 1820. The number of imidazole rings is 1. The lowest BCUT2D eigenvalue weighted by Crippen LogP contribution is -2.01. The van der Waals surface area contributed by atoms with Crippen molar-refractivity contribution in [2.75, 3.05) is 0 Å². The summed E-state index contributed by atoms with van der Waals surface area (Å²) in [6.07, 6.45) is 3.58. The Morgan fingerprint density at radius 3 is 1.51 bits per heavy atom. The van der Waals surface area contributed by atoms with E-state index in [2.05, 4.69) is 39.9 Å². The number of hydrogen-bond donors (Lipinski definition) is 0. The van der Waals surface area contributed by atoms with E-state index < -0.39 is 0 Å². The minimum absolute atomic E-state index is 0.624. The van der Waals surface area contributed by atoms with Crippen LogP contribution in [0.2, 0.25) is 0 Å². The number of benzene rings is 4. The third kappa shape index (κ3) is 4.34. The van der Waals surface area contributed by atoms with E-state index in [4.69, 9.17) is 19.9 Å². The molecule has 0 unspecified atom stereocenters. The summed E-state index contributed by atoms with van der Waals surface area (Å²) in [6, 6.07) is 40.4. The molecule has 184 valence electrons. The van der Waals surface area contributed by atoms with Crippen molar-refractivity contribution in [1.82, 2.24) is 29.5 Å². The summed E-state index contributed by atoms with van der Waals surface area (Å²) in [5.74, 6) is 2.77. The van der Waals surface area contributed by atoms with Gasteiger partial charge in [0.05, 0.1) is 11.0 Å². The highest BCUT2D eigenvalue weighted by molar-refractivity contribution is 5.83. The van der Waals surface area contributed by atoms with Crippen molar-refractivity contribution in [3.8, 4) is 51.2 Å². The average molecular weight is 503 g/mol. The van der Waals surface area contributed by atoms with Crippen LogP contribution in [0.5, 0.6) is 0 Å². The molecule has 39 heavy (non-hydrogen) atoms. The van der Waals surface area contributed by atoms with Crippen LogP contribution in [0, 0.1) is 0 Å². The quantitative estimate of drug-likeness (QED) is 0.247. The molecule has 0 spiro atoms. The van der Waals surface area contributed by atoms with Gasteiger partial charge in [0.1, 0.15) is 5.82 Å². The second-order valence-electron chi connectivity index (χ2n) is 9.08. The largest absolute Gasteiger partial charge is 0.292 e. The molecule has 0 N–H and O–H groups in total. The molecule has 7 aromatic rings. The fourth-order valence-electron chi connectivity index (χ4n) is 4.68. The molecule has 3 heterocycles. The Kier molecular flexibility index (Phi) is 5.68. The zero-order valence-corrected chi connectivity index (χ0v) is 20.9. The molecule has 0 atom stereocenters. The topological polar surface area (TPSA) is 69.4 Å². The smallest absolute Gasteiger partial charge is 0.164 e. The summed E-state index contributed by atoms with van der Waals surface area (Å²) < 4.78 is 2.17. The number of fused-ring (bicyclic) bond motifs is 1. The molecule has 0 aliphatic rings. The van der Waals surface area contributed by atoms with Gasteiger partial charge in [-0.25, -0.2) is 19.9 Å². The van der Waals surface area contributed by atoms with Crippen LogP contribution in [0.1, 0.15) is 0 Å². The Morgan fingerprint density at radius 1 is 0.410 bits per heavy atom. The highest BCUT2D eigenvalue weighted by Crippen LogP contribution is 2.30. The fourth-order valence-corrected chi connectivity index (χ4v) is 4.68. The van der Waals surface area contributed by atoms with Crippen molar-refractivity contribution in [3.05, 3.63) is 134 Å². The van der Waals surface area contributed by atoms with Crippen LogP contribution < -0.4 is 0 Å². The van der Waals surface area contributed by atoms with Gasteiger partial charge in [-0.3, -0.25) is 9.55 Å². The van der Waals surface area contributed by atoms with Crippen LogP contribution in [0.4, 0.5) is 0 Å². The summed E-state index contributed by atoms with van der Waals surface area (Å²) in [7, 11) is 0. The first-order chi connectivity index (χ1) is 19.3. The number of pyridine rings is 1. The molecule has 3 aromatic heterocycles. The average Bonchev–Trinajstić information content (AvgIpc) is 3.42. The van der Waals surface area contributed by atoms with Crippen LogP contribution in [-0.2, 0) is 0 Å². The molecule has 0 radical (unpaired) electrons. The molecule has 6 nitrogen and oxygen atoms in total. The van der Waals surface area contributed by atoms with Crippen molar-refractivity contribution in [2.45, 2.75) is 0 Å². The van der Waals surface area contributed by atoms with Gasteiger partial charge in [0.2, 0.25) is 0 Å². The summed E-state index contributed by atoms with van der Waals surface area (Å²) in [4.78, 5) is 23.6. The number of rotatable bonds is 5. The molecule has 0 saturated carbocycles. The minimum Gasteiger partial charge on any atom is -0.292 e. The SMILES string of the molecule is c1ccc(-c2nc(-c3ccccc3)nc(-c3ccc(-n4c(-c5ccncc5)nc5ccccc54)cc3)n2)cc1. The molecule has 0 fully saturated rings. The zero-order valence-electron chi connectivity index (χ0n) is 20.9. The van der Waals surface area contributed by atoms with E-state index in [9.17, 15) is 0 Å². The number of nitrogens with zero attached hydrogens (tertiary/aromatic N) is 6. The lowest BCUT2D eigenvalue weighted by molar-refractivity contribution is 1.07. The van der Waals surface area contributed by atoms with Gasteiger partial charge in [-0.05, 0) is 48.5 Å². The van der Waals surface area contributed by atoms with E-state index in [0.29, 0.717) is 17.5 Å². The van der Waals surface area contributed by atoms with Gasteiger partial charge in [-0.15, -0.1) is 0 Å². The van der Waals surface area contributed by atoms with Crippen molar-refractivity contribution in [3.63, 3.8) is 0 Å². The molecule has 0 bridgehead atoms. The summed E-state index contributed by atoms with van der Waals surface area (Å²) >= 11 is 0. The van der Waals surface area contributed by atoms with E-state index in [-0.39, 0.29) is 0 Å². The molecule has 0 saturated heterocycles. The maximum absolute atomic E-state index is 4.93. The number of aromatic nitrogens is 6. The standard InChI is InChI=1S/C33H22N6/c1-3-9-23(10-4-1)30-36-31(24-11-5-2-6-12-24)38-32(37-30)25-15-17-27(18-16-25)39-29-14-8-7-13-28(29)35-33(39)26-19-21-34-22-20-26/h1-22H. The second-order valence-corrected chi connectivity index (χ2v) is 9.08. The number of para-hydroxylation sites is 2. The summed E-state index contributed by atoms with van der Waals surface area (Å²) in [6.45, 7) is 0. The molecule has 4 aromatic carbocycles. The van der Waals surface area contributed by atoms with Gasteiger partial charge >= 0.3 is 0 Å². The van der Waals surface area contributed by atoms with E-state index >= 15 is 0 Å². The monoisotopic (exact) mass is 502 g/mol. The van der Waals surface area contributed by atoms with Crippen LogP contribution in [0.3, 0.4) is 0 Å². The minimum atomic E-state index is 0.624. The third-order valence-electron chi connectivity index (χ3n) is 6.58.